The second-order valence-corrected chi connectivity index (χ2v) is 4.92. The number of aryl methyl sites for hydroxylation is 4. The number of benzene rings is 1. The van der Waals surface area contributed by atoms with E-state index in [0.29, 0.717) is 18.1 Å². The van der Waals surface area contributed by atoms with Crippen molar-refractivity contribution < 1.29 is 4.52 Å². The highest BCUT2D eigenvalue weighted by Crippen LogP contribution is 2.18. The maximum atomic E-state index is 5.37. The van der Waals surface area contributed by atoms with Gasteiger partial charge in [0.1, 0.15) is 0 Å². The van der Waals surface area contributed by atoms with Gasteiger partial charge in [-0.1, -0.05) is 17.3 Å². The molecule has 0 spiro atoms. The Balaban J connectivity index is 1.95. The number of aromatic amines is 1. The number of para-hydroxylation sites is 1. The van der Waals surface area contributed by atoms with Gasteiger partial charge in [0.15, 0.2) is 10.6 Å². The maximum Gasteiger partial charge on any atom is 0.228 e. The smallest absolute Gasteiger partial charge is 0.228 e. The summed E-state index contributed by atoms with van der Waals surface area (Å²) in [5.41, 5.74) is 3.39. The fraction of sp³-hybridized carbons (Fsp3) is 0.308. The lowest BCUT2D eigenvalue weighted by Crippen LogP contribution is -2.01. The number of imidazole rings is 1. The first kappa shape index (κ1) is 12.1. The number of fused-ring (bicyclic) bond motifs is 1. The molecule has 0 saturated heterocycles. The summed E-state index contributed by atoms with van der Waals surface area (Å²) in [7, 11) is 0. The highest BCUT2D eigenvalue weighted by Gasteiger charge is 2.08. The van der Waals surface area contributed by atoms with Crippen molar-refractivity contribution in [2.45, 2.75) is 26.8 Å². The van der Waals surface area contributed by atoms with E-state index in [1.54, 1.807) is 0 Å². The average molecular weight is 274 g/mol. The highest BCUT2D eigenvalue weighted by molar-refractivity contribution is 7.71. The summed E-state index contributed by atoms with van der Waals surface area (Å²) in [6.45, 7) is 4.61. The number of hydrogen-bond acceptors (Lipinski definition) is 4. The van der Waals surface area contributed by atoms with Crippen LogP contribution in [-0.4, -0.2) is 19.7 Å². The maximum absolute atomic E-state index is 5.37. The summed E-state index contributed by atoms with van der Waals surface area (Å²) in [5.74, 6) is 1.30. The Hall–Kier alpha value is -1.95. The number of aromatic nitrogens is 4. The summed E-state index contributed by atoms with van der Waals surface area (Å²) in [4.78, 5) is 7.45. The zero-order chi connectivity index (χ0) is 13.4. The summed E-state index contributed by atoms with van der Waals surface area (Å²) in [5, 5.41) is 3.79. The largest absolute Gasteiger partial charge is 0.339 e. The van der Waals surface area contributed by atoms with Gasteiger partial charge >= 0.3 is 0 Å². The van der Waals surface area contributed by atoms with Crippen molar-refractivity contribution in [3.63, 3.8) is 0 Å². The van der Waals surface area contributed by atoms with E-state index in [2.05, 4.69) is 38.7 Å². The Morgan fingerprint density at radius 2 is 2.21 bits per heavy atom. The number of nitrogens with zero attached hydrogens (tertiary/aromatic N) is 3. The summed E-state index contributed by atoms with van der Waals surface area (Å²) in [6, 6.07) is 6.17. The van der Waals surface area contributed by atoms with E-state index in [-0.39, 0.29) is 0 Å². The predicted octanol–water partition coefficient (Wildman–Crippen LogP) is 2.94. The second-order valence-electron chi connectivity index (χ2n) is 4.54. The van der Waals surface area contributed by atoms with E-state index in [4.69, 9.17) is 16.7 Å². The molecule has 2 heterocycles. The fourth-order valence-corrected chi connectivity index (χ4v) is 2.49. The Labute approximate surface area is 115 Å². The topological polar surface area (TPSA) is 59.6 Å². The molecule has 0 amide bonds. The van der Waals surface area contributed by atoms with Crippen LogP contribution in [0, 0.1) is 18.6 Å². The summed E-state index contributed by atoms with van der Waals surface area (Å²) < 4.78 is 7.91. The first-order chi connectivity index (χ1) is 9.15. The molecule has 1 N–H and O–H groups in total. The molecule has 0 aliphatic carbocycles. The molecule has 6 heteroatoms. The number of hydrogen-bond donors (Lipinski definition) is 1. The van der Waals surface area contributed by atoms with Crippen molar-refractivity contribution in [2.75, 3.05) is 0 Å². The molecule has 0 fully saturated rings. The molecule has 0 aliphatic rings. The van der Waals surface area contributed by atoms with Crippen LogP contribution in [-0.2, 0) is 13.0 Å². The molecule has 1 aromatic carbocycles. The van der Waals surface area contributed by atoms with Crippen LogP contribution in [0.2, 0.25) is 0 Å². The van der Waals surface area contributed by atoms with Crippen molar-refractivity contribution in [1.29, 1.82) is 0 Å². The Morgan fingerprint density at radius 1 is 1.37 bits per heavy atom. The third-order valence-electron chi connectivity index (χ3n) is 3.14. The minimum absolute atomic E-state index is 0.640. The molecule has 0 radical (unpaired) electrons. The SMILES string of the molecule is Cc1noc(CCn2c(=S)[nH]c3c(C)cccc32)n1. The van der Waals surface area contributed by atoms with Crippen LogP contribution in [0.1, 0.15) is 17.3 Å². The van der Waals surface area contributed by atoms with E-state index in [0.717, 1.165) is 22.3 Å². The van der Waals surface area contributed by atoms with Crippen LogP contribution in [0.3, 0.4) is 0 Å². The summed E-state index contributed by atoms with van der Waals surface area (Å²) >= 11 is 5.37. The van der Waals surface area contributed by atoms with Crippen LogP contribution in [0.15, 0.2) is 22.7 Å². The lowest BCUT2D eigenvalue weighted by molar-refractivity contribution is 0.369. The van der Waals surface area contributed by atoms with Crippen molar-refractivity contribution in [2.24, 2.45) is 0 Å². The van der Waals surface area contributed by atoms with Crippen molar-refractivity contribution in [3.05, 3.63) is 40.2 Å². The predicted molar refractivity (Wildman–Crippen MR) is 74.6 cm³/mol. The van der Waals surface area contributed by atoms with Crippen molar-refractivity contribution in [3.8, 4) is 0 Å². The van der Waals surface area contributed by atoms with Gasteiger partial charge in [-0.25, -0.2) is 0 Å². The van der Waals surface area contributed by atoms with Gasteiger partial charge < -0.3 is 14.1 Å². The Kier molecular flexibility index (Phi) is 2.94. The van der Waals surface area contributed by atoms with E-state index in [1.165, 1.54) is 5.56 Å². The molecule has 2 aromatic heterocycles. The van der Waals surface area contributed by atoms with Gasteiger partial charge in [0.25, 0.3) is 0 Å². The fourth-order valence-electron chi connectivity index (χ4n) is 2.19. The van der Waals surface area contributed by atoms with Gasteiger partial charge in [-0.3, -0.25) is 0 Å². The number of nitrogens with one attached hydrogen (secondary N) is 1. The van der Waals surface area contributed by atoms with Crippen molar-refractivity contribution in [1.82, 2.24) is 19.7 Å². The molecule has 0 bridgehead atoms. The quantitative estimate of drug-likeness (QED) is 0.746. The van der Waals surface area contributed by atoms with Crippen LogP contribution >= 0.6 is 12.2 Å². The normalized spacial score (nSPS) is 11.3. The zero-order valence-corrected chi connectivity index (χ0v) is 11.6. The van der Waals surface area contributed by atoms with Crippen LogP contribution in [0.25, 0.3) is 11.0 Å². The monoisotopic (exact) mass is 274 g/mol. The van der Waals surface area contributed by atoms with Gasteiger partial charge in [-0.05, 0) is 37.7 Å². The van der Waals surface area contributed by atoms with E-state index < -0.39 is 0 Å². The Morgan fingerprint density at radius 3 is 2.95 bits per heavy atom. The molecule has 3 rings (SSSR count). The number of rotatable bonds is 3. The van der Waals surface area contributed by atoms with Crippen LogP contribution < -0.4 is 0 Å². The third kappa shape index (κ3) is 2.19. The van der Waals surface area contributed by atoms with Gasteiger partial charge in [-0.2, -0.15) is 4.98 Å². The molecule has 0 saturated carbocycles. The minimum Gasteiger partial charge on any atom is -0.339 e. The molecule has 5 nitrogen and oxygen atoms in total. The van der Waals surface area contributed by atoms with Crippen molar-refractivity contribution >= 4 is 23.3 Å². The average Bonchev–Trinajstić information content (AvgIpc) is 2.92. The van der Waals surface area contributed by atoms with Gasteiger partial charge in [0.2, 0.25) is 5.89 Å². The molecular formula is C13H14N4OS. The van der Waals surface area contributed by atoms with E-state index >= 15 is 0 Å². The molecule has 98 valence electrons. The van der Waals surface area contributed by atoms with Crippen LogP contribution in [0.5, 0.6) is 0 Å². The lowest BCUT2D eigenvalue weighted by Gasteiger charge is -2.02. The van der Waals surface area contributed by atoms with E-state index in [1.807, 2.05) is 13.0 Å². The molecular weight excluding hydrogens is 260 g/mol. The van der Waals surface area contributed by atoms with Gasteiger partial charge in [0, 0.05) is 13.0 Å². The molecule has 0 atom stereocenters. The van der Waals surface area contributed by atoms with E-state index in [9.17, 15) is 0 Å². The van der Waals surface area contributed by atoms with Gasteiger partial charge in [-0.15, -0.1) is 0 Å². The molecule has 19 heavy (non-hydrogen) atoms. The number of H-pyrrole nitrogens is 1. The highest BCUT2D eigenvalue weighted by atomic mass is 32.1. The molecule has 0 aliphatic heterocycles. The summed E-state index contributed by atoms with van der Waals surface area (Å²) in [6.07, 6.45) is 0.677. The first-order valence-electron chi connectivity index (χ1n) is 6.12. The molecule has 3 aromatic rings. The zero-order valence-electron chi connectivity index (χ0n) is 10.8. The minimum atomic E-state index is 0.640. The first-order valence-corrected chi connectivity index (χ1v) is 6.53. The second kappa shape index (κ2) is 4.62. The third-order valence-corrected chi connectivity index (χ3v) is 3.46. The lowest BCUT2D eigenvalue weighted by atomic mass is 10.2. The molecule has 0 unspecified atom stereocenters. The van der Waals surface area contributed by atoms with Gasteiger partial charge in [0.05, 0.1) is 11.0 Å². The standard InChI is InChI=1S/C13H14N4OS/c1-8-4-3-5-10-12(8)15-13(19)17(10)7-6-11-14-9(2)16-18-11/h3-5H,6-7H2,1-2H3,(H,15,19). The Bertz CT molecular complexity index is 783. The van der Waals surface area contributed by atoms with Crippen LogP contribution in [0.4, 0.5) is 0 Å².